The summed E-state index contributed by atoms with van der Waals surface area (Å²) in [4.78, 5) is 11.5. The fourth-order valence-electron chi connectivity index (χ4n) is 1.27. The van der Waals surface area contributed by atoms with E-state index in [1.807, 2.05) is 13.8 Å². The number of ether oxygens (including phenoxy) is 1. The zero-order valence-electron chi connectivity index (χ0n) is 9.66. The van der Waals surface area contributed by atoms with Crippen molar-refractivity contribution >= 4 is 23.4 Å². The maximum Gasteiger partial charge on any atom is 0.360 e. The van der Waals surface area contributed by atoms with Crippen LogP contribution in [0.5, 0.6) is 0 Å². The van der Waals surface area contributed by atoms with Crippen molar-refractivity contribution in [3.63, 3.8) is 0 Å². The Bertz CT molecular complexity index is 388. The van der Waals surface area contributed by atoms with E-state index in [0.717, 1.165) is 0 Å². The van der Waals surface area contributed by atoms with Crippen LogP contribution in [0.3, 0.4) is 0 Å². The van der Waals surface area contributed by atoms with Crippen LogP contribution in [0, 0.1) is 5.92 Å². The lowest BCUT2D eigenvalue weighted by molar-refractivity contribution is 0.0518. The topological polar surface area (TPSA) is 70.1 Å². The summed E-state index contributed by atoms with van der Waals surface area (Å²) < 4.78 is 6.35. The molecule has 0 aliphatic heterocycles. The molecule has 0 radical (unpaired) electrons. The van der Waals surface area contributed by atoms with E-state index in [2.05, 4.69) is 5.10 Å². The summed E-state index contributed by atoms with van der Waals surface area (Å²) >= 11 is 5.92. The van der Waals surface area contributed by atoms with Gasteiger partial charge in [0.1, 0.15) is 10.8 Å². The molecule has 0 aliphatic carbocycles. The Kier molecular flexibility index (Phi) is 4.18. The third kappa shape index (κ3) is 2.66. The van der Waals surface area contributed by atoms with Crippen molar-refractivity contribution in [1.82, 2.24) is 9.78 Å². The number of anilines is 1. The minimum Gasteiger partial charge on any atom is -0.461 e. The molecule has 0 spiro atoms. The zero-order valence-corrected chi connectivity index (χ0v) is 10.4. The number of carbonyl (C=O) groups is 1. The molecule has 2 N–H and O–H groups in total. The van der Waals surface area contributed by atoms with Crippen molar-refractivity contribution in [2.24, 2.45) is 5.92 Å². The number of carbonyl (C=O) groups excluding carboxylic acids is 1. The Morgan fingerprint density at radius 1 is 1.62 bits per heavy atom. The minimum atomic E-state index is -0.540. The molecule has 0 atom stereocenters. The number of hydrogen-bond acceptors (Lipinski definition) is 4. The van der Waals surface area contributed by atoms with Gasteiger partial charge in [0, 0.05) is 6.54 Å². The maximum atomic E-state index is 11.5. The predicted octanol–water partition coefficient (Wildman–Crippen LogP) is 1.95. The Morgan fingerprint density at radius 2 is 2.25 bits per heavy atom. The second kappa shape index (κ2) is 5.21. The van der Waals surface area contributed by atoms with Crippen molar-refractivity contribution in [2.45, 2.75) is 27.3 Å². The van der Waals surface area contributed by atoms with Crippen LogP contribution in [-0.2, 0) is 11.3 Å². The van der Waals surface area contributed by atoms with Crippen molar-refractivity contribution < 1.29 is 9.53 Å². The Morgan fingerprint density at radius 3 is 2.75 bits per heavy atom. The fraction of sp³-hybridized carbons (Fsp3) is 0.600. The van der Waals surface area contributed by atoms with Crippen LogP contribution in [0.25, 0.3) is 0 Å². The van der Waals surface area contributed by atoms with Gasteiger partial charge in [-0.2, -0.15) is 5.10 Å². The van der Waals surface area contributed by atoms with Crippen LogP contribution < -0.4 is 5.73 Å². The quantitative estimate of drug-likeness (QED) is 0.824. The van der Waals surface area contributed by atoms with E-state index in [1.165, 1.54) is 4.68 Å². The number of nitrogens with zero attached hydrogens (tertiary/aromatic N) is 2. The first-order chi connectivity index (χ1) is 7.47. The van der Waals surface area contributed by atoms with Crippen LogP contribution in [0.1, 0.15) is 31.3 Å². The van der Waals surface area contributed by atoms with Crippen LogP contribution in [-0.4, -0.2) is 22.4 Å². The predicted molar refractivity (Wildman–Crippen MR) is 62.4 cm³/mol. The fourth-order valence-corrected chi connectivity index (χ4v) is 1.48. The highest BCUT2D eigenvalue weighted by atomic mass is 35.5. The summed E-state index contributed by atoms with van der Waals surface area (Å²) in [5, 5.41) is 4.22. The number of halogens is 1. The van der Waals surface area contributed by atoms with Gasteiger partial charge in [-0.3, -0.25) is 0 Å². The average molecular weight is 246 g/mol. The molecule has 0 aromatic carbocycles. The molecular formula is C10H16ClN3O2. The van der Waals surface area contributed by atoms with E-state index in [1.54, 1.807) is 6.92 Å². The first kappa shape index (κ1) is 12.8. The molecule has 1 heterocycles. The van der Waals surface area contributed by atoms with Gasteiger partial charge in [-0.05, 0) is 12.8 Å². The second-order valence-corrected chi connectivity index (χ2v) is 4.22. The van der Waals surface area contributed by atoms with E-state index in [9.17, 15) is 4.79 Å². The molecule has 0 aliphatic rings. The number of aromatic nitrogens is 2. The lowest BCUT2D eigenvalue weighted by Gasteiger charge is -2.05. The summed E-state index contributed by atoms with van der Waals surface area (Å²) in [6, 6.07) is 0. The lowest BCUT2D eigenvalue weighted by atomic mass is 10.2. The largest absolute Gasteiger partial charge is 0.461 e. The molecule has 90 valence electrons. The molecule has 0 saturated carbocycles. The SMILES string of the molecule is CCOC(=O)c1nn(CC(C)C)c(N)c1Cl. The van der Waals surface area contributed by atoms with Crippen LogP contribution in [0.2, 0.25) is 5.02 Å². The standard InChI is InChI=1S/C10H16ClN3O2/c1-4-16-10(15)8-7(11)9(12)14(13-8)5-6(2)3/h6H,4-5,12H2,1-3H3. The monoisotopic (exact) mass is 245 g/mol. The Hall–Kier alpha value is -1.23. The first-order valence-corrected chi connectivity index (χ1v) is 5.54. The molecule has 0 unspecified atom stereocenters. The molecule has 1 aromatic heterocycles. The van der Waals surface area contributed by atoms with Crippen LogP contribution in [0.4, 0.5) is 5.82 Å². The molecule has 0 bridgehead atoms. The van der Waals surface area contributed by atoms with Gasteiger partial charge in [0.15, 0.2) is 5.69 Å². The van der Waals surface area contributed by atoms with E-state index in [4.69, 9.17) is 22.1 Å². The Labute approximate surface area is 99.5 Å². The van der Waals surface area contributed by atoms with Gasteiger partial charge in [0.25, 0.3) is 0 Å². The van der Waals surface area contributed by atoms with Gasteiger partial charge >= 0.3 is 5.97 Å². The summed E-state index contributed by atoms with van der Waals surface area (Å²) in [5.41, 5.74) is 5.83. The van der Waals surface area contributed by atoms with E-state index in [0.29, 0.717) is 18.3 Å². The van der Waals surface area contributed by atoms with Crippen molar-refractivity contribution in [3.05, 3.63) is 10.7 Å². The average Bonchev–Trinajstić information content (AvgIpc) is 2.46. The Balaban J connectivity index is 2.99. The van der Waals surface area contributed by atoms with E-state index >= 15 is 0 Å². The lowest BCUT2D eigenvalue weighted by Crippen LogP contribution is -2.11. The number of rotatable bonds is 4. The molecule has 1 aromatic rings. The van der Waals surface area contributed by atoms with Gasteiger partial charge < -0.3 is 10.5 Å². The number of nitrogen functional groups attached to an aromatic ring is 1. The van der Waals surface area contributed by atoms with Crippen LogP contribution >= 0.6 is 11.6 Å². The smallest absolute Gasteiger partial charge is 0.360 e. The molecule has 1 rings (SSSR count). The molecule has 0 amide bonds. The van der Waals surface area contributed by atoms with Crippen molar-refractivity contribution in [1.29, 1.82) is 0 Å². The number of nitrogens with two attached hydrogens (primary N) is 1. The van der Waals surface area contributed by atoms with Crippen molar-refractivity contribution in [3.8, 4) is 0 Å². The number of hydrogen-bond donors (Lipinski definition) is 1. The zero-order chi connectivity index (χ0) is 12.3. The summed E-state index contributed by atoms with van der Waals surface area (Å²) in [7, 11) is 0. The van der Waals surface area contributed by atoms with Crippen molar-refractivity contribution in [2.75, 3.05) is 12.3 Å². The molecule has 0 fully saturated rings. The van der Waals surface area contributed by atoms with Gasteiger partial charge in [0.2, 0.25) is 0 Å². The summed E-state index contributed by atoms with van der Waals surface area (Å²) in [6.07, 6.45) is 0. The van der Waals surface area contributed by atoms with Crippen LogP contribution in [0.15, 0.2) is 0 Å². The molecular weight excluding hydrogens is 230 g/mol. The summed E-state index contributed by atoms with van der Waals surface area (Å²) in [5.74, 6) is 0.133. The minimum absolute atomic E-state index is 0.0849. The second-order valence-electron chi connectivity index (χ2n) is 3.84. The van der Waals surface area contributed by atoms with E-state index < -0.39 is 5.97 Å². The molecule has 6 heteroatoms. The highest BCUT2D eigenvalue weighted by molar-refractivity contribution is 6.35. The molecule has 0 saturated heterocycles. The normalized spacial score (nSPS) is 10.8. The van der Waals surface area contributed by atoms with Gasteiger partial charge in [-0.25, -0.2) is 9.48 Å². The highest BCUT2D eigenvalue weighted by Crippen LogP contribution is 2.24. The third-order valence-corrected chi connectivity index (χ3v) is 2.31. The number of esters is 1. The van der Waals surface area contributed by atoms with Gasteiger partial charge in [-0.1, -0.05) is 25.4 Å². The van der Waals surface area contributed by atoms with Gasteiger partial charge in [-0.15, -0.1) is 0 Å². The van der Waals surface area contributed by atoms with Gasteiger partial charge in [0.05, 0.1) is 6.61 Å². The molecule has 5 nitrogen and oxygen atoms in total. The first-order valence-electron chi connectivity index (χ1n) is 5.16. The third-order valence-electron chi connectivity index (χ3n) is 1.94. The summed E-state index contributed by atoms with van der Waals surface area (Å²) in [6.45, 7) is 6.68. The highest BCUT2D eigenvalue weighted by Gasteiger charge is 2.21. The maximum absolute atomic E-state index is 11.5. The van der Waals surface area contributed by atoms with E-state index in [-0.39, 0.29) is 17.3 Å². The molecule has 16 heavy (non-hydrogen) atoms.